The molecule has 2 rings (SSSR count). The molecule has 1 atom stereocenters. The lowest BCUT2D eigenvalue weighted by atomic mass is 10.0. The van der Waals surface area contributed by atoms with Gasteiger partial charge in [-0.25, -0.2) is 0 Å². The average Bonchev–Trinajstić information content (AvgIpc) is 2.82. The molecule has 0 saturated carbocycles. The van der Waals surface area contributed by atoms with E-state index in [9.17, 15) is 4.79 Å². The summed E-state index contributed by atoms with van der Waals surface area (Å²) in [5.74, 6) is 0.248. The molecule has 1 fully saturated rings. The van der Waals surface area contributed by atoms with Crippen LogP contribution in [0, 0.1) is 0 Å². The summed E-state index contributed by atoms with van der Waals surface area (Å²) in [4.78, 5) is 14.4. The van der Waals surface area contributed by atoms with E-state index in [0.29, 0.717) is 0 Å². The maximum Gasteiger partial charge on any atom is 0.179 e. The molecule has 0 aliphatic carbocycles. The number of hydrogen-bond acceptors (Lipinski definition) is 2. The highest BCUT2D eigenvalue weighted by Gasteiger charge is 2.24. The van der Waals surface area contributed by atoms with Gasteiger partial charge >= 0.3 is 0 Å². The Kier molecular flexibility index (Phi) is 3.17. The largest absolute Gasteiger partial charge is 0.294 e. The molecule has 0 aromatic heterocycles. The molecule has 1 aliphatic rings. The number of likely N-dealkylation sites (tertiary alicyclic amines) is 1. The van der Waals surface area contributed by atoms with Crippen molar-refractivity contribution in [2.45, 2.75) is 25.8 Å². The van der Waals surface area contributed by atoms with E-state index in [1.165, 1.54) is 12.8 Å². The summed E-state index contributed by atoms with van der Waals surface area (Å²) in [5, 5.41) is 0. The first-order valence-corrected chi connectivity index (χ1v) is 5.62. The number of rotatable bonds is 3. The normalized spacial score (nSPS) is 19.0. The summed E-state index contributed by atoms with van der Waals surface area (Å²) >= 11 is 0. The Morgan fingerprint density at radius 1 is 1.20 bits per heavy atom. The molecular formula is C13H17NO. The number of hydrogen-bond donors (Lipinski definition) is 0. The van der Waals surface area contributed by atoms with Crippen LogP contribution >= 0.6 is 0 Å². The third kappa shape index (κ3) is 2.26. The predicted octanol–water partition coefficient (Wildman–Crippen LogP) is 2.35. The second-order valence-corrected chi connectivity index (χ2v) is 4.15. The van der Waals surface area contributed by atoms with Gasteiger partial charge in [-0.3, -0.25) is 9.69 Å². The summed E-state index contributed by atoms with van der Waals surface area (Å²) in [6.07, 6.45) is 2.46. The number of benzene rings is 1. The zero-order valence-electron chi connectivity index (χ0n) is 9.15. The van der Waals surface area contributed by atoms with Gasteiger partial charge in [0.2, 0.25) is 0 Å². The number of ketones is 1. The van der Waals surface area contributed by atoms with Gasteiger partial charge in [-0.2, -0.15) is 0 Å². The van der Waals surface area contributed by atoms with Gasteiger partial charge in [0.05, 0.1) is 6.04 Å². The standard InChI is InChI=1S/C13H17NO/c1-11(14-9-5-6-10-14)13(15)12-7-3-2-4-8-12/h2-4,7-8,11H,5-6,9-10H2,1H3/t11-/m0/s1. The van der Waals surface area contributed by atoms with E-state index in [-0.39, 0.29) is 11.8 Å². The molecule has 0 bridgehead atoms. The maximum absolute atomic E-state index is 12.1. The molecule has 1 saturated heterocycles. The fourth-order valence-electron chi connectivity index (χ4n) is 2.14. The van der Waals surface area contributed by atoms with Crippen LogP contribution in [0.2, 0.25) is 0 Å². The fraction of sp³-hybridized carbons (Fsp3) is 0.462. The molecule has 80 valence electrons. The lowest BCUT2D eigenvalue weighted by molar-refractivity contribution is 0.0867. The minimum atomic E-state index is 0.0369. The van der Waals surface area contributed by atoms with Crippen LogP contribution in [-0.2, 0) is 0 Å². The predicted molar refractivity (Wildman–Crippen MR) is 61.0 cm³/mol. The SMILES string of the molecule is C[C@@H](C(=O)c1ccccc1)N1CCCC1. The van der Waals surface area contributed by atoms with E-state index in [1.807, 2.05) is 37.3 Å². The van der Waals surface area contributed by atoms with Gasteiger partial charge in [0.1, 0.15) is 0 Å². The van der Waals surface area contributed by atoms with Crippen molar-refractivity contribution in [2.75, 3.05) is 13.1 Å². The number of Topliss-reactive ketones (excluding diaryl/α,β-unsaturated/α-hetero) is 1. The Morgan fingerprint density at radius 2 is 1.80 bits per heavy atom. The first-order valence-electron chi connectivity index (χ1n) is 5.62. The number of carbonyl (C=O) groups is 1. The van der Waals surface area contributed by atoms with Crippen molar-refractivity contribution in [2.24, 2.45) is 0 Å². The van der Waals surface area contributed by atoms with Crippen LogP contribution in [0.1, 0.15) is 30.1 Å². The fourth-order valence-corrected chi connectivity index (χ4v) is 2.14. The quantitative estimate of drug-likeness (QED) is 0.703. The van der Waals surface area contributed by atoms with Crippen LogP contribution in [0.15, 0.2) is 30.3 Å². The summed E-state index contributed by atoms with van der Waals surface area (Å²) in [7, 11) is 0. The molecule has 1 aromatic carbocycles. The third-order valence-corrected chi connectivity index (χ3v) is 3.13. The molecule has 1 aliphatic heterocycles. The Bertz CT molecular complexity index is 328. The van der Waals surface area contributed by atoms with Crippen LogP contribution < -0.4 is 0 Å². The molecule has 0 N–H and O–H groups in total. The Morgan fingerprint density at radius 3 is 2.40 bits per heavy atom. The van der Waals surface area contributed by atoms with Crippen LogP contribution in [0.25, 0.3) is 0 Å². The van der Waals surface area contributed by atoms with Gasteiger partial charge in [0, 0.05) is 5.56 Å². The van der Waals surface area contributed by atoms with Gasteiger partial charge in [-0.05, 0) is 32.9 Å². The zero-order chi connectivity index (χ0) is 10.7. The first kappa shape index (κ1) is 10.4. The van der Waals surface area contributed by atoms with Gasteiger partial charge in [-0.15, -0.1) is 0 Å². The van der Waals surface area contributed by atoms with Crippen LogP contribution in [0.3, 0.4) is 0 Å². The summed E-state index contributed by atoms with van der Waals surface area (Å²) < 4.78 is 0. The van der Waals surface area contributed by atoms with E-state index < -0.39 is 0 Å². The second-order valence-electron chi connectivity index (χ2n) is 4.15. The monoisotopic (exact) mass is 203 g/mol. The van der Waals surface area contributed by atoms with E-state index >= 15 is 0 Å². The highest BCUT2D eigenvalue weighted by atomic mass is 16.1. The molecule has 15 heavy (non-hydrogen) atoms. The van der Waals surface area contributed by atoms with Crippen molar-refractivity contribution in [3.8, 4) is 0 Å². The molecule has 1 heterocycles. The van der Waals surface area contributed by atoms with E-state index in [2.05, 4.69) is 4.90 Å². The van der Waals surface area contributed by atoms with Crippen molar-refractivity contribution in [1.29, 1.82) is 0 Å². The minimum absolute atomic E-state index is 0.0369. The Hall–Kier alpha value is -1.15. The van der Waals surface area contributed by atoms with Crippen molar-refractivity contribution in [3.05, 3.63) is 35.9 Å². The maximum atomic E-state index is 12.1. The van der Waals surface area contributed by atoms with Gasteiger partial charge in [-0.1, -0.05) is 30.3 Å². The number of nitrogens with zero attached hydrogens (tertiary/aromatic N) is 1. The highest BCUT2D eigenvalue weighted by Crippen LogP contribution is 2.15. The molecule has 0 amide bonds. The van der Waals surface area contributed by atoms with E-state index in [0.717, 1.165) is 18.7 Å². The summed E-state index contributed by atoms with van der Waals surface area (Å²) in [6, 6.07) is 9.62. The highest BCUT2D eigenvalue weighted by molar-refractivity contribution is 5.99. The molecule has 2 heteroatoms. The molecular weight excluding hydrogens is 186 g/mol. The van der Waals surface area contributed by atoms with Crippen molar-refractivity contribution < 1.29 is 4.79 Å². The molecule has 0 unspecified atom stereocenters. The van der Waals surface area contributed by atoms with Crippen molar-refractivity contribution in [3.63, 3.8) is 0 Å². The Labute approximate surface area is 90.9 Å². The summed E-state index contributed by atoms with van der Waals surface area (Å²) in [5.41, 5.74) is 0.830. The summed E-state index contributed by atoms with van der Waals surface area (Å²) in [6.45, 7) is 4.15. The van der Waals surface area contributed by atoms with Crippen LogP contribution in [0.5, 0.6) is 0 Å². The molecule has 0 spiro atoms. The zero-order valence-corrected chi connectivity index (χ0v) is 9.15. The number of carbonyl (C=O) groups excluding carboxylic acids is 1. The van der Waals surface area contributed by atoms with Crippen LogP contribution in [0.4, 0.5) is 0 Å². The van der Waals surface area contributed by atoms with Gasteiger partial charge in [0.15, 0.2) is 5.78 Å². The lowest BCUT2D eigenvalue weighted by Crippen LogP contribution is -2.36. The molecule has 0 radical (unpaired) electrons. The van der Waals surface area contributed by atoms with Gasteiger partial charge < -0.3 is 0 Å². The third-order valence-electron chi connectivity index (χ3n) is 3.13. The smallest absolute Gasteiger partial charge is 0.179 e. The van der Waals surface area contributed by atoms with E-state index in [1.54, 1.807) is 0 Å². The second kappa shape index (κ2) is 4.58. The first-order chi connectivity index (χ1) is 7.29. The Balaban J connectivity index is 2.07. The lowest BCUT2D eigenvalue weighted by Gasteiger charge is -2.22. The molecule has 1 aromatic rings. The van der Waals surface area contributed by atoms with Crippen LogP contribution in [-0.4, -0.2) is 29.8 Å². The van der Waals surface area contributed by atoms with Gasteiger partial charge in [0.25, 0.3) is 0 Å². The average molecular weight is 203 g/mol. The van der Waals surface area contributed by atoms with E-state index in [4.69, 9.17) is 0 Å². The topological polar surface area (TPSA) is 20.3 Å². The minimum Gasteiger partial charge on any atom is -0.294 e. The van der Waals surface area contributed by atoms with Crippen molar-refractivity contribution >= 4 is 5.78 Å². The molecule has 2 nitrogen and oxygen atoms in total. The van der Waals surface area contributed by atoms with Crippen molar-refractivity contribution in [1.82, 2.24) is 4.90 Å².